The van der Waals surface area contributed by atoms with Crippen molar-refractivity contribution in [2.75, 3.05) is 15.9 Å². The molecule has 8 heteroatoms. The van der Waals surface area contributed by atoms with Crippen LogP contribution >= 0.6 is 0 Å². The van der Waals surface area contributed by atoms with E-state index < -0.39 is 33.6 Å². The summed E-state index contributed by atoms with van der Waals surface area (Å²) in [7, 11) is -3.96. The van der Waals surface area contributed by atoms with Crippen molar-refractivity contribution in [1.29, 1.82) is 0 Å². The van der Waals surface area contributed by atoms with Crippen LogP contribution in [-0.4, -0.2) is 26.6 Å². The number of hydrogen-bond acceptors (Lipinski definition) is 3. The van der Waals surface area contributed by atoms with Crippen molar-refractivity contribution in [2.24, 2.45) is 0 Å². The van der Waals surface area contributed by atoms with Crippen molar-refractivity contribution < 1.29 is 22.0 Å². The van der Waals surface area contributed by atoms with E-state index >= 15 is 0 Å². The molecule has 0 saturated heterocycles. The normalized spacial score (nSPS) is 12.3. The van der Waals surface area contributed by atoms with Gasteiger partial charge in [0.2, 0.25) is 15.9 Å². The lowest BCUT2D eigenvalue weighted by Crippen LogP contribution is -2.45. The minimum atomic E-state index is -3.96. The van der Waals surface area contributed by atoms with Gasteiger partial charge in [-0.05, 0) is 30.7 Å². The molecule has 0 spiro atoms. The Labute approximate surface area is 174 Å². The molecule has 0 bridgehead atoms. The summed E-state index contributed by atoms with van der Waals surface area (Å²) in [5, 5.41) is 2.74. The molecule has 0 aliphatic rings. The Hall–Kier alpha value is -3.26. The third-order valence-corrected chi connectivity index (χ3v) is 5.76. The van der Waals surface area contributed by atoms with E-state index in [0.717, 1.165) is 39.9 Å². The number of nitrogens with zero attached hydrogens (tertiary/aromatic N) is 1. The number of amides is 1. The Balaban J connectivity index is 1.93. The lowest BCUT2D eigenvalue weighted by atomic mass is 10.0. The topological polar surface area (TPSA) is 66.5 Å². The Morgan fingerprint density at radius 3 is 2.20 bits per heavy atom. The summed E-state index contributed by atoms with van der Waals surface area (Å²) in [4.78, 5) is 12.9. The monoisotopic (exact) mass is 430 g/mol. The van der Waals surface area contributed by atoms with E-state index in [1.54, 1.807) is 12.1 Å². The predicted molar refractivity (Wildman–Crippen MR) is 114 cm³/mol. The van der Waals surface area contributed by atoms with Gasteiger partial charge in [-0.25, -0.2) is 17.2 Å². The van der Waals surface area contributed by atoms with Crippen LogP contribution in [0, 0.1) is 11.6 Å². The van der Waals surface area contributed by atoms with Gasteiger partial charge in [-0.1, -0.05) is 48.5 Å². The smallest absolute Gasteiger partial charge is 0.248 e. The Morgan fingerprint density at radius 1 is 0.933 bits per heavy atom. The fourth-order valence-corrected chi connectivity index (χ4v) is 4.30. The van der Waals surface area contributed by atoms with Crippen LogP contribution in [0.3, 0.4) is 0 Å². The minimum Gasteiger partial charge on any atom is -0.324 e. The molecule has 30 heavy (non-hydrogen) atoms. The van der Waals surface area contributed by atoms with Gasteiger partial charge in [0.25, 0.3) is 0 Å². The van der Waals surface area contributed by atoms with E-state index in [9.17, 15) is 22.0 Å². The first-order valence-corrected chi connectivity index (χ1v) is 10.9. The summed E-state index contributed by atoms with van der Waals surface area (Å²) in [6, 6.07) is 18.0. The third-order valence-electron chi connectivity index (χ3n) is 4.52. The summed E-state index contributed by atoms with van der Waals surface area (Å²) in [5.41, 5.74) is 1.99. The molecule has 3 rings (SSSR count). The molecule has 3 aromatic carbocycles. The van der Waals surface area contributed by atoms with Crippen LogP contribution < -0.4 is 9.62 Å². The molecule has 0 saturated carbocycles. The third kappa shape index (κ3) is 4.65. The highest BCUT2D eigenvalue weighted by Crippen LogP contribution is 2.29. The zero-order valence-electron chi connectivity index (χ0n) is 16.3. The Kier molecular flexibility index (Phi) is 6.17. The molecule has 1 amide bonds. The molecule has 0 fully saturated rings. The lowest BCUT2D eigenvalue weighted by molar-refractivity contribution is -0.116. The highest BCUT2D eigenvalue weighted by molar-refractivity contribution is 7.92. The molecule has 5 nitrogen and oxygen atoms in total. The van der Waals surface area contributed by atoms with Crippen molar-refractivity contribution in [2.45, 2.75) is 13.0 Å². The number of anilines is 2. The summed E-state index contributed by atoms with van der Waals surface area (Å²) in [6.45, 7) is 1.38. The van der Waals surface area contributed by atoms with Crippen molar-refractivity contribution in [3.05, 3.63) is 84.4 Å². The van der Waals surface area contributed by atoms with E-state index in [0.29, 0.717) is 5.69 Å². The summed E-state index contributed by atoms with van der Waals surface area (Å²) in [5.74, 6) is -2.93. The van der Waals surface area contributed by atoms with E-state index in [2.05, 4.69) is 5.32 Å². The van der Waals surface area contributed by atoms with Crippen LogP contribution in [0.4, 0.5) is 20.2 Å². The van der Waals surface area contributed by atoms with Crippen molar-refractivity contribution in [1.82, 2.24) is 0 Å². The highest BCUT2D eigenvalue weighted by Gasteiger charge is 2.30. The van der Waals surface area contributed by atoms with Gasteiger partial charge in [0.05, 0.1) is 11.9 Å². The van der Waals surface area contributed by atoms with Crippen molar-refractivity contribution in [3.8, 4) is 11.1 Å². The Morgan fingerprint density at radius 2 is 1.57 bits per heavy atom. The van der Waals surface area contributed by atoms with Gasteiger partial charge in [0, 0.05) is 17.3 Å². The highest BCUT2D eigenvalue weighted by atomic mass is 32.2. The van der Waals surface area contributed by atoms with Crippen LogP contribution in [0.15, 0.2) is 72.8 Å². The molecule has 0 radical (unpaired) electrons. The molecule has 0 aromatic heterocycles. The van der Waals surface area contributed by atoms with Gasteiger partial charge in [0.1, 0.15) is 6.04 Å². The number of nitrogens with one attached hydrogen (secondary N) is 1. The number of rotatable bonds is 6. The molecule has 3 aromatic rings. The van der Waals surface area contributed by atoms with Crippen LogP contribution in [0.25, 0.3) is 11.1 Å². The molecular weight excluding hydrogens is 410 g/mol. The predicted octanol–water partition coefficient (Wildman–Crippen LogP) is 4.43. The molecule has 1 atom stereocenters. The summed E-state index contributed by atoms with van der Waals surface area (Å²) in [6.07, 6.45) is 0.899. The van der Waals surface area contributed by atoms with E-state index in [1.165, 1.54) is 6.92 Å². The minimum absolute atomic E-state index is 0.143. The Bertz CT molecular complexity index is 1170. The largest absolute Gasteiger partial charge is 0.324 e. The first kappa shape index (κ1) is 21.4. The van der Waals surface area contributed by atoms with E-state index in [1.807, 2.05) is 42.5 Å². The fraction of sp³-hybridized carbons (Fsp3) is 0.136. The van der Waals surface area contributed by atoms with Gasteiger partial charge in [-0.15, -0.1) is 0 Å². The molecule has 0 aliphatic heterocycles. The quantitative estimate of drug-likeness (QED) is 0.629. The maximum Gasteiger partial charge on any atom is 0.248 e. The van der Waals surface area contributed by atoms with Gasteiger partial charge >= 0.3 is 0 Å². The number of para-hydroxylation sites is 1. The van der Waals surface area contributed by atoms with Crippen LogP contribution in [0.1, 0.15) is 6.92 Å². The number of halogens is 2. The molecule has 1 unspecified atom stereocenters. The number of carbonyl (C=O) groups is 1. The van der Waals surface area contributed by atoms with E-state index in [4.69, 9.17) is 0 Å². The standard InChI is InChI=1S/C22H20F2N2O3S/c1-15(26(30(2,28)29)17-12-13-19(23)20(24)14-17)22(27)25-21-11-7-6-10-18(21)16-8-4-3-5-9-16/h3-15H,1-2H3,(H,25,27). The number of benzene rings is 3. The number of carbonyl (C=O) groups excluding carboxylic acids is 1. The zero-order valence-corrected chi connectivity index (χ0v) is 17.2. The van der Waals surface area contributed by atoms with Crippen molar-refractivity contribution in [3.63, 3.8) is 0 Å². The average Bonchev–Trinajstić information content (AvgIpc) is 2.71. The summed E-state index contributed by atoms with van der Waals surface area (Å²) < 4.78 is 52.4. The summed E-state index contributed by atoms with van der Waals surface area (Å²) >= 11 is 0. The van der Waals surface area contributed by atoms with E-state index in [-0.39, 0.29) is 5.69 Å². The first-order valence-electron chi connectivity index (χ1n) is 9.08. The average molecular weight is 430 g/mol. The first-order chi connectivity index (χ1) is 14.2. The zero-order chi connectivity index (χ0) is 21.9. The molecule has 0 heterocycles. The number of hydrogen-bond donors (Lipinski definition) is 1. The maximum atomic E-state index is 13.7. The van der Waals surface area contributed by atoms with Crippen LogP contribution in [0.5, 0.6) is 0 Å². The SMILES string of the molecule is CC(C(=O)Nc1ccccc1-c1ccccc1)N(c1ccc(F)c(F)c1)S(C)(=O)=O. The molecule has 1 N–H and O–H groups in total. The van der Waals surface area contributed by atoms with Crippen molar-refractivity contribution >= 4 is 27.3 Å². The lowest BCUT2D eigenvalue weighted by Gasteiger charge is -2.28. The number of sulfonamides is 1. The van der Waals surface area contributed by atoms with Gasteiger partial charge in [0.15, 0.2) is 11.6 Å². The maximum absolute atomic E-state index is 13.7. The second-order valence-electron chi connectivity index (χ2n) is 6.73. The molecule has 156 valence electrons. The second-order valence-corrected chi connectivity index (χ2v) is 8.59. The van der Waals surface area contributed by atoms with Gasteiger partial charge < -0.3 is 5.32 Å². The molecular formula is C22H20F2N2O3S. The van der Waals surface area contributed by atoms with Crippen LogP contribution in [0.2, 0.25) is 0 Å². The van der Waals surface area contributed by atoms with Crippen LogP contribution in [-0.2, 0) is 14.8 Å². The van der Waals surface area contributed by atoms with Gasteiger partial charge in [-0.3, -0.25) is 9.10 Å². The molecule has 0 aliphatic carbocycles. The van der Waals surface area contributed by atoms with Gasteiger partial charge in [-0.2, -0.15) is 0 Å². The fourth-order valence-electron chi connectivity index (χ4n) is 3.13. The second kappa shape index (κ2) is 8.62.